The molecular weight excluding hydrogens is 512 g/mol. The van der Waals surface area contributed by atoms with E-state index >= 15 is 0 Å². The molecule has 0 saturated carbocycles. The fourth-order valence-electron chi connectivity index (χ4n) is 4.75. The minimum atomic E-state index is -1.07. The van der Waals surface area contributed by atoms with Gasteiger partial charge in [0.1, 0.15) is 0 Å². The molecular formula is C30H30N4O6. The average Bonchev–Trinajstić information content (AvgIpc) is 3.29. The lowest BCUT2D eigenvalue weighted by Crippen LogP contribution is -2.39. The lowest BCUT2D eigenvalue weighted by atomic mass is 9.98. The van der Waals surface area contributed by atoms with Crippen LogP contribution < -0.4 is 16.1 Å². The van der Waals surface area contributed by atoms with Crippen LogP contribution in [0.1, 0.15) is 37.4 Å². The second-order valence-electron chi connectivity index (χ2n) is 9.52. The minimum Gasteiger partial charge on any atom is -0.478 e. The summed E-state index contributed by atoms with van der Waals surface area (Å²) in [6.07, 6.45) is 0. The summed E-state index contributed by atoms with van der Waals surface area (Å²) in [4.78, 5) is 44.9. The molecule has 0 radical (unpaired) electrons. The summed E-state index contributed by atoms with van der Waals surface area (Å²) in [5.74, 6) is -1.75. The van der Waals surface area contributed by atoms with Gasteiger partial charge in [-0.05, 0) is 48.4 Å². The van der Waals surface area contributed by atoms with Crippen molar-refractivity contribution in [2.75, 3.05) is 50.1 Å². The Balaban J connectivity index is 1.35. The van der Waals surface area contributed by atoms with Gasteiger partial charge in [-0.3, -0.25) is 19.3 Å². The highest BCUT2D eigenvalue weighted by molar-refractivity contribution is 6.37. The normalized spacial score (nSPS) is 16.2. The molecule has 3 aromatic rings. The number of aromatic carboxylic acids is 1. The maximum atomic E-state index is 13.1. The first-order chi connectivity index (χ1) is 19.4. The molecule has 0 aromatic heterocycles. The Morgan fingerprint density at radius 3 is 2.52 bits per heavy atom. The van der Waals surface area contributed by atoms with Crippen LogP contribution in [0.3, 0.4) is 0 Å². The van der Waals surface area contributed by atoms with Crippen LogP contribution in [0.5, 0.6) is 0 Å². The number of hydroxylamine groups is 1. The van der Waals surface area contributed by atoms with Gasteiger partial charge in [0.25, 0.3) is 11.8 Å². The number of fused-ring (bicyclic) bond motifs is 1. The molecule has 4 N–H and O–H groups in total. The first-order valence-corrected chi connectivity index (χ1v) is 13.0. The third kappa shape index (κ3) is 6.04. The van der Waals surface area contributed by atoms with Crippen LogP contribution in [0.15, 0.2) is 66.7 Å². The summed E-state index contributed by atoms with van der Waals surface area (Å²) in [5, 5.41) is 15.5. The number of hydrogen-bond acceptors (Lipinski definition) is 7. The van der Waals surface area contributed by atoms with Crippen LogP contribution in [0, 0.1) is 6.92 Å². The van der Waals surface area contributed by atoms with Gasteiger partial charge in [-0.15, -0.1) is 0 Å². The van der Waals surface area contributed by atoms with E-state index in [1.807, 2.05) is 43.3 Å². The molecule has 2 aliphatic heterocycles. The average molecular weight is 543 g/mol. The van der Waals surface area contributed by atoms with E-state index in [4.69, 9.17) is 9.57 Å². The molecule has 0 spiro atoms. The van der Waals surface area contributed by atoms with E-state index in [0.29, 0.717) is 60.1 Å². The molecule has 5 rings (SSSR count). The van der Waals surface area contributed by atoms with Gasteiger partial charge < -0.3 is 20.5 Å². The Bertz CT molecular complexity index is 1460. The quantitative estimate of drug-likeness (QED) is 0.183. The molecule has 1 saturated heterocycles. The largest absolute Gasteiger partial charge is 0.478 e. The van der Waals surface area contributed by atoms with Crippen LogP contribution in [0.4, 0.5) is 11.4 Å². The molecule has 3 aromatic carbocycles. The Labute approximate surface area is 231 Å². The second kappa shape index (κ2) is 12.1. The van der Waals surface area contributed by atoms with Gasteiger partial charge in [0, 0.05) is 36.4 Å². The summed E-state index contributed by atoms with van der Waals surface area (Å²) >= 11 is 0. The zero-order chi connectivity index (χ0) is 28.1. The van der Waals surface area contributed by atoms with Crippen molar-refractivity contribution in [2.45, 2.75) is 6.92 Å². The number of nitrogens with one attached hydrogen (secondary N) is 3. The number of rotatable bonds is 9. The summed E-state index contributed by atoms with van der Waals surface area (Å²) in [6, 6.07) is 19.2. The van der Waals surface area contributed by atoms with Crippen LogP contribution in [-0.2, 0) is 14.4 Å². The highest BCUT2D eigenvalue weighted by atomic mass is 16.7. The van der Waals surface area contributed by atoms with Crippen molar-refractivity contribution in [1.82, 2.24) is 10.4 Å². The Kier molecular flexibility index (Phi) is 8.20. The third-order valence-electron chi connectivity index (χ3n) is 6.84. The van der Waals surface area contributed by atoms with Crippen molar-refractivity contribution in [3.63, 3.8) is 0 Å². The lowest BCUT2D eigenvalue weighted by Gasteiger charge is -2.26. The van der Waals surface area contributed by atoms with Crippen molar-refractivity contribution in [3.8, 4) is 0 Å². The number of morpholine rings is 1. The van der Waals surface area contributed by atoms with Gasteiger partial charge >= 0.3 is 5.97 Å². The van der Waals surface area contributed by atoms with Crippen molar-refractivity contribution in [1.29, 1.82) is 0 Å². The monoisotopic (exact) mass is 542 g/mol. The number of amides is 2. The minimum absolute atomic E-state index is 0.0871. The Hall–Kier alpha value is -4.51. The van der Waals surface area contributed by atoms with E-state index in [1.54, 1.807) is 18.2 Å². The van der Waals surface area contributed by atoms with E-state index in [9.17, 15) is 19.5 Å². The number of anilines is 2. The predicted molar refractivity (Wildman–Crippen MR) is 151 cm³/mol. The molecule has 10 heteroatoms. The number of carbonyl (C=O) groups is 3. The second-order valence-corrected chi connectivity index (χ2v) is 9.52. The summed E-state index contributed by atoms with van der Waals surface area (Å²) in [6.45, 7) is 6.01. The molecule has 2 amide bonds. The Morgan fingerprint density at radius 2 is 1.80 bits per heavy atom. The topological polar surface area (TPSA) is 129 Å². The SMILES string of the molecule is Cc1cc(NC(=C2C(=O)Nc3cc(C(=O)O)ccc32)c2ccccc2)ccc1C(=O)NOCCN1CCOCC1. The number of aryl methyl sites for hydroxylation is 1. The van der Waals surface area contributed by atoms with Gasteiger partial charge in [0.2, 0.25) is 0 Å². The highest BCUT2D eigenvalue weighted by Gasteiger charge is 2.29. The van der Waals surface area contributed by atoms with Crippen LogP contribution in [0.25, 0.3) is 11.3 Å². The number of benzene rings is 3. The fraction of sp³-hybridized carbons (Fsp3) is 0.233. The lowest BCUT2D eigenvalue weighted by molar-refractivity contribution is -0.110. The number of carbonyl (C=O) groups excluding carboxylic acids is 2. The number of hydrogen-bond donors (Lipinski definition) is 4. The molecule has 10 nitrogen and oxygen atoms in total. The Morgan fingerprint density at radius 1 is 1.02 bits per heavy atom. The predicted octanol–water partition coefficient (Wildman–Crippen LogP) is 3.62. The molecule has 0 atom stereocenters. The van der Waals surface area contributed by atoms with Crippen LogP contribution in [0.2, 0.25) is 0 Å². The zero-order valence-electron chi connectivity index (χ0n) is 22.0. The number of ether oxygens (including phenoxy) is 1. The van der Waals surface area contributed by atoms with Crippen LogP contribution in [-0.4, -0.2) is 67.2 Å². The van der Waals surface area contributed by atoms with E-state index in [0.717, 1.165) is 24.2 Å². The summed E-state index contributed by atoms with van der Waals surface area (Å²) in [7, 11) is 0. The van der Waals surface area contributed by atoms with Crippen molar-refractivity contribution >= 4 is 40.4 Å². The third-order valence-corrected chi connectivity index (χ3v) is 6.84. The first kappa shape index (κ1) is 27.1. The van der Waals surface area contributed by atoms with Gasteiger partial charge in [-0.2, -0.15) is 0 Å². The molecule has 0 aliphatic carbocycles. The molecule has 1 fully saturated rings. The first-order valence-electron chi connectivity index (χ1n) is 13.0. The smallest absolute Gasteiger partial charge is 0.335 e. The molecule has 40 heavy (non-hydrogen) atoms. The number of carboxylic acid groups (broad SMARTS) is 1. The van der Waals surface area contributed by atoms with E-state index < -0.39 is 5.97 Å². The highest BCUT2D eigenvalue weighted by Crippen LogP contribution is 2.38. The molecule has 206 valence electrons. The number of nitrogens with zero attached hydrogens (tertiary/aromatic N) is 1. The summed E-state index contributed by atoms with van der Waals surface area (Å²) < 4.78 is 5.34. The standard InChI is InChI=1S/C30H30N4O6/c1-19-17-22(8-10-23(19)28(35)33-40-16-13-34-11-14-39-15-12-34)31-27(20-5-3-2-4-6-20)26-24-9-7-21(30(37)38)18-25(24)32-29(26)36/h2-10,17-18,31H,11-16H2,1H3,(H,32,36)(H,33,35)(H,37,38). The molecule has 2 heterocycles. The zero-order valence-corrected chi connectivity index (χ0v) is 22.0. The van der Waals surface area contributed by atoms with E-state index in [1.165, 1.54) is 12.1 Å². The fourth-order valence-corrected chi connectivity index (χ4v) is 4.75. The maximum Gasteiger partial charge on any atom is 0.335 e. The summed E-state index contributed by atoms with van der Waals surface area (Å²) in [5.41, 5.74) is 7.24. The van der Waals surface area contributed by atoms with Gasteiger partial charge in [0.15, 0.2) is 0 Å². The van der Waals surface area contributed by atoms with Gasteiger partial charge in [-0.25, -0.2) is 10.3 Å². The molecule has 0 unspecified atom stereocenters. The van der Waals surface area contributed by atoms with Crippen molar-refractivity contribution in [2.24, 2.45) is 0 Å². The van der Waals surface area contributed by atoms with Crippen LogP contribution >= 0.6 is 0 Å². The molecule has 0 bridgehead atoms. The molecule has 2 aliphatic rings. The van der Waals surface area contributed by atoms with Crippen molar-refractivity contribution < 1.29 is 29.1 Å². The number of carboxylic acids is 1. The van der Waals surface area contributed by atoms with Crippen molar-refractivity contribution in [3.05, 3.63) is 94.5 Å². The maximum absolute atomic E-state index is 13.1. The van der Waals surface area contributed by atoms with E-state index in [2.05, 4.69) is 21.0 Å². The van der Waals surface area contributed by atoms with E-state index in [-0.39, 0.29) is 17.4 Å². The van der Waals surface area contributed by atoms with Gasteiger partial charge in [0.05, 0.1) is 42.3 Å². The van der Waals surface area contributed by atoms with Gasteiger partial charge in [-0.1, -0.05) is 36.4 Å².